The number of hydrogen-bond acceptors (Lipinski definition) is 6. The van der Waals surface area contributed by atoms with Crippen LogP contribution in [0.1, 0.15) is 6.42 Å². The zero-order valence-corrected chi connectivity index (χ0v) is 9.57. The van der Waals surface area contributed by atoms with E-state index >= 15 is 0 Å². The summed E-state index contributed by atoms with van der Waals surface area (Å²) in [6, 6.07) is 0. The van der Waals surface area contributed by atoms with Crippen molar-refractivity contribution in [1.82, 2.24) is 4.37 Å². The summed E-state index contributed by atoms with van der Waals surface area (Å²) in [7, 11) is 0. The fraction of sp³-hybridized carbons (Fsp3) is 0.625. The number of aliphatic hydroxyl groups is 1. The summed E-state index contributed by atoms with van der Waals surface area (Å²) in [6.45, 7) is 1.60. The Morgan fingerprint density at radius 1 is 1.71 bits per heavy atom. The number of aromatic nitrogens is 1. The van der Waals surface area contributed by atoms with Crippen LogP contribution >= 0.6 is 23.3 Å². The number of aliphatic hydroxyl groups excluding tert-OH is 1. The highest BCUT2D eigenvalue weighted by atomic mass is 32.2. The maximum absolute atomic E-state index is 9.44. The lowest BCUT2D eigenvalue weighted by molar-refractivity contribution is 0.198. The Labute approximate surface area is 91.3 Å². The molecule has 1 unspecified atom stereocenters. The summed E-state index contributed by atoms with van der Waals surface area (Å²) in [5.74, 6) is 0.610. The number of anilines is 2. The summed E-state index contributed by atoms with van der Waals surface area (Å²) in [5.41, 5.74) is 5.74. The average molecular weight is 231 g/mol. The molecule has 4 nitrogen and oxygen atoms in total. The van der Waals surface area contributed by atoms with Gasteiger partial charge in [0, 0.05) is 13.1 Å². The summed E-state index contributed by atoms with van der Waals surface area (Å²) in [4.78, 5) is 3.20. The highest BCUT2D eigenvalue weighted by Gasteiger charge is 2.25. The van der Waals surface area contributed by atoms with E-state index in [4.69, 9.17) is 5.73 Å². The van der Waals surface area contributed by atoms with E-state index in [0.29, 0.717) is 12.4 Å². The van der Waals surface area contributed by atoms with Crippen LogP contribution in [-0.4, -0.2) is 34.9 Å². The van der Waals surface area contributed by atoms with E-state index in [9.17, 15) is 5.11 Å². The van der Waals surface area contributed by atoms with Crippen LogP contribution in [0.3, 0.4) is 0 Å². The molecule has 1 atom stereocenters. The number of rotatable bonds is 2. The Bertz CT molecular complexity index is 328. The highest BCUT2D eigenvalue weighted by Crippen LogP contribution is 2.38. The Hall–Kier alpha value is -0.460. The summed E-state index contributed by atoms with van der Waals surface area (Å²) < 4.78 is 4.13. The van der Waals surface area contributed by atoms with Crippen molar-refractivity contribution in [3.05, 3.63) is 0 Å². The van der Waals surface area contributed by atoms with E-state index in [1.165, 1.54) is 11.5 Å². The van der Waals surface area contributed by atoms with E-state index in [0.717, 1.165) is 22.9 Å². The molecule has 6 heteroatoms. The molecule has 78 valence electrons. The first-order valence-electron chi connectivity index (χ1n) is 4.44. The van der Waals surface area contributed by atoms with Crippen LogP contribution in [0.25, 0.3) is 0 Å². The predicted molar refractivity (Wildman–Crippen MR) is 61.1 cm³/mol. The smallest absolute Gasteiger partial charge is 0.153 e. The maximum Gasteiger partial charge on any atom is 0.153 e. The molecule has 2 heterocycles. The molecule has 0 aliphatic carbocycles. The molecule has 2 rings (SSSR count). The largest absolute Gasteiger partial charge is 0.391 e. The van der Waals surface area contributed by atoms with Crippen LogP contribution < -0.4 is 10.6 Å². The van der Waals surface area contributed by atoms with Crippen LogP contribution in [0.5, 0.6) is 0 Å². The summed E-state index contributed by atoms with van der Waals surface area (Å²) >= 11 is 3.04. The van der Waals surface area contributed by atoms with Crippen molar-refractivity contribution in [2.45, 2.75) is 17.4 Å². The zero-order valence-electron chi connectivity index (χ0n) is 7.93. The predicted octanol–water partition coefficient (Wildman–Crippen LogP) is 1.02. The molecular formula is C8H13N3OS2. The SMILES string of the molecule is CSc1c(N)nsc1N1CCC(O)C1. The normalized spacial score (nSPS) is 21.9. The lowest BCUT2D eigenvalue weighted by atomic mass is 10.3. The van der Waals surface area contributed by atoms with Crippen molar-refractivity contribution in [1.29, 1.82) is 0 Å². The van der Waals surface area contributed by atoms with Crippen molar-refractivity contribution >= 4 is 34.1 Å². The van der Waals surface area contributed by atoms with E-state index in [1.807, 2.05) is 6.26 Å². The van der Waals surface area contributed by atoms with Crippen molar-refractivity contribution in [3.63, 3.8) is 0 Å². The molecule has 1 saturated heterocycles. The van der Waals surface area contributed by atoms with Crippen LogP contribution in [0.4, 0.5) is 10.8 Å². The summed E-state index contributed by atoms with van der Waals surface area (Å²) in [6.07, 6.45) is 2.63. The quantitative estimate of drug-likeness (QED) is 0.744. The van der Waals surface area contributed by atoms with Crippen molar-refractivity contribution in [3.8, 4) is 0 Å². The minimum Gasteiger partial charge on any atom is -0.391 e. The van der Waals surface area contributed by atoms with Crippen molar-refractivity contribution in [2.24, 2.45) is 0 Å². The van der Waals surface area contributed by atoms with Crippen molar-refractivity contribution < 1.29 is 5.11 Å². The number of nitrogen functional groups attached to an aromatic ring is 1. The fourth-order valence-corrected chi connectivity index (χ4v) is 3.33. The van der Waals surface area contributed by atoms with Gasteiger partial charge in [-0.1, -0.05) is 0 Å². The first-order valence-corrected chi connectivity index (χ1v) is 6.44. The second-order valence-corrected chi connectivity index (χ2v) is 4.86. The van der Waals surface area contributed by atoms with Gasteiger partial charge < -0.3 is 15.7 Å². The topological polar surface area (TPSA) is 62.4 Å². The molecule has 0 amide bonds. The number of nitrogens with two attached hydrogens (primary N) is 1. The van der Waals surface area contributed by atoms with Gasteiger partial charge in [0.1, 0.15) is 5.00 Å². The number of hydrogen-bond donors (Lipinski definition) is 2. The Balaban J connectivity index is 2.23. The Morgan fingerprint density at radius 3 is 3.07 bits per heavy atom. The molecule has 1 aromatic heterocycles. The van der Waals surface area contributed by atoms with Crippen LogP contribution in [0.2, 0.25) is 0 Å². The molecule has 0 bridgehead atoms. The molecular weight excluding hydrogens is 218 g/mol. The average Bonchev–Trinajstić information content (AvgIpc) is 2.71. The molecule has 1 aliphatic rings. The fourth-order valence-electron chi connectivity index (χ4n) is 1.60. The monoisotopic (exact) mass is 231 g/mol. The third kappa shape index (κ3) is 1.69. The number of thioether (sulfide) groups is 1. The Morgan fingerprint density at radius 2 is 2.50 bits per heavy atom. The van der Waals surface area contributed by atoms with Gasteiger partial charge in [-0.3, -0.25) is 0 Å². The minimum atomic E-state index is -0.201. The molecule has 1 aliphatic heterocycles. The van der Waals surface area contributed by atoms with Gasteiger partial charge >= 0.3 is 0 Å². The molecule has 0 saturated carbocycles. The third-order valence-electron chi connectivity index (χ3n) is 2.31. The van der Waals surface area contributed by atoms with Gasteiger partial charge in [0.15, 0.2) is 5.82 Å². The first kappa shape index (κ1) is 10.1. The molecule has 3 N–H and O–H groups in total. The van der Waals surface area contributed by atoms with Crippen LogP contribution in [0.15, 0.2) is 4.90 Å². The molecule has 0 radical (unpaired) electrons. The van der Waals surface area contributed by atoms with Gasteiger partial charge in [-0.15, -0.1) is 11.8 Å². The minimum absolute atomic E-state index is 0.201. The highest BCUT2D eigenvalue weighted by molar-refractivity contribution is 7.99. The van der Waals surface area contributed by atoms with Crippen LogP contribution in [0, 0.1) is 0 Å². The number of β-amino-alcohol motifs (C(OH)–C–C–N with tert-alkyl or cyclic N) is 1. The van der Waals surface area contributed by atoms with Gasteiger partial charge in [0.05, 0.1) is 11.0 Å². The summed E-state index contributed by atoms with van der Waals surface area (Å²) in [5, 5.41) is 10.5. The second-order valence-electron chi connectivity index (χ2n) is 3.29. The molecule has 0 spiro atoms. The standard InChI is InChI=1S/C8H13N3OS2/c1-13-6-7(9)10-14-8(6)11-3-2-5(12)4-11/h5,12H,2-4H2,1H3,(H2,9,10). The van der Waals surface area contributed by atoms with E-state index in [2.05, 4.69) is 9.27 Å². The molecule has 14 heavy (non-hydrogen) atoms. The zero-order chi connectivity index (χ0) is 10.1. The van der Waals surface area contributed by atoms with Crippen molar-refractivity contribution in [2.75, 3.05) is 30.0 Å². The first-order chi connectivity index (χ1) is 6.72. The van der Waals surface area contributed by atoms with E-state index in [-0.39, 0.29) is 6.10 Å². The lowest BCUT2D eigenvalue weighted by Gasteiger charge is -2.15. The molecule has 0 aromatic carbocycles. The van der Waals surface area contributed by atoms with E-state index < -0.39 is 0 Å². The van der Waals surface area contributed by atoms with Gasteiger partial charge in [-0.2, -0.15) is 4.37 Å². The van der Waals surface area contributed by atoms with Gasteiger partial charge in [-0.25, -0.2) is 0 Å². The van der Waals surface area contributed by atoms with Gasteiger partial charge in [0.25, 0.3) is 0 Å². The van der Waals surface area contributed by atoms with Crippen LogP contribution in [-0.2, 0) is 0 Å². The third-order valence-corrected chi connectivity index (χ3v) is 4.18. The lowest BCUT2D eigenvalue weighted by Crippen LogP contribution is -2.20. The molecule has 1 aromatic rings. The second kappa shape index (κ2) is 3.96. The van der Waals surface area contributed by atoms with Gasteiger partial charge in [-0.05, 0) is 24.2 Å². The number of nitrogens with zero attached hydrogens (tertiary/aromatic N) is 2. The van der Waals surface area contributed by atoms with Gasteiger partial charge in [0.2, 0.25) is 0 Å². The Kier molecular flexibility index (Phi) is 2.85. The maximum atomic E-state index is 9.44. The van der Waals surface area contributed by atoms with E-state index in [1.54, 1.807) is 11.8 Å². The molecule has 1 fully saturated rings.